The largest absolute Gasteiger partial charge is 0.493 e. The number of carbonyl (C=O) groups excluding carboxylic acids is 3. The molecule has 11 heteroatoms. The van der Waals surface area contributed by atoms with E-state index in [0.29, 0.717) is 38.9 Å². The van der Waals surface area contributed by atoms with E-state index in [2.05, 4.69) is 15.8 Å². The summed E-state index contributed by atoms with van der Waals surface area (Å²) in [7, 11) is 3.09. The fraction of sp³-hybridized carbons (Fsp3) is 0.333. The summed E-state index contributed by atoms with van der Waals surface area (Å²) in [5.41, 5.74) is 5.00. The highest BCUT2D eigenvalue weighted by Gasteiger charge is 2.27. The fourth-order valence-electron chi connectivity index (χ4n) is 4.39. The van der Waals surface area contributed by atoms with Crippen molar-refractivity contribution in [2.45, 2.75) is 45.6 Å². The van der Waals surface area contributed by atoms with Crippen LogP contribution < -0.4 is 25.0 Å². The van der Waals surface area contributed by atoms with Crippen molar-refractivity contribution in [2.75, 3.05) is 26.1 Å². The first-order chi connectivity index (χ1) is 19.8. The number of nitrogens with one attached hydrogen (secondary N) is 2. The molecule has 3 aromatic rings. The molecule has 1 aromatic heterocycles. The van der Waals surface area contributed by atoms with Crippen molar-refractivity contribution in [1.82, 2.24) is 5.43 Å². The third-order valence-corrected chi connectivity index (χ3v) is 7.68. The van der Waals surface area contributed by atoms with Crippen LogP contribution in [0.3, 0.4) is 0 Å². The molecule has 1 heterocycles. The number of rotatable bonds is 11. The van der Waals surface area contributed by atoms with Crippen LogP contribution in [0, 0.1) is 0 Å². The van der Waals surface area contributed by atoms with Gasteiger partial charge in [-0.3, -0.25) is 9.59 Å². The van der Waals surface area contributed by atoms with Crippen LogP contribution in [0.4, 0.5) is 5.00 Å². The fourth-order valence-corrected chi connectivity index (χ4v) is 5.66. The summed E-state index contributed by atoms with van der Waals surface area (Å²) in [6, 6.07) is 11.7. The molecule has 1 atom stereocenters. The molecule has 0 bridgehead atoms. The lowest BCUT2D eigenvalue weighted by molar-refractivity contribution is -0.127. The van der Waals surface area contributed by atoms with E-state index in [-0.39, 0.29) is 12.5 Å². The number of thiophene rings is 1. The molecule has 1 aliphatic rings. The number of nitrogens with zero attached hydrogens (tertiary/aromatic N) is 1. The lowest BCUT2D eigenvalue weighted by atomic mass is 9.95. The van der Waals surface area contributed by atoms with Crippen molar-refractivity contribution in [1.29, 1.82) is 0 Å². The molecule has 2 aromatic carbocycles. The molecule has 4 rings (SSSR count). The maximum absolute atomic E-state index is 13.0. The van der Waals surface area contributed by atoms with E-state index in [1.807, 2.05) is 0 Å². The lowest BCUT2D eigenvalue weighted by Crippen LogP contribution is -2.33. The van der Waals surface area contributed by atoms with Gasteiger partial charge < -0.3 is 24.3 Å². The molecule has 216 valence electrons. The Bertz CT molecular complexity index is 1430. The van der Waals surface area contributed by atoms with Crippen LogP contribution >= 0.6 is 11.3 Å². The monoisotopic (exact) mass is 579 g/mol. The number of amides is 2. The normalized spacial score (nSPS) is 13.2. The lowest BCUT2D eigenvalue weighted by Gasteiger charge is -2.13. The Labute approximate surface area is 242 Å². The van der Waals surface area contributed by atoms with Crippen LogP contribution in [0.15, 0.2) is 47.6 Å². The Hall–Kier alpha value is -4.38. The van der Waals surface area contributed by atoms with Crippen molar-refractivity contribution >= 4 is 40.3 Å². The van der Waals surface area contributed by atoms with Gasteiger partial charge in [-0.05, 0) is 93.1 Å². The van der Waals surface area contributed by atoms with Crippen molar-refractivity contribution in [3.63, 3.8) is 0 Å². The first kappa shape index (κ1) is 29.6. The van der Waals surface area contributed by atoms with Gasteiger partial charge in [0.05, 0.1) is 32.6 Å². The van der Waals surface area contributed by atoms with Gasteiger partial charge in [0.1, 0.15) is 10.8 Å². The third-order valence-electron chi connectivity index (χ3n) is 6.47. The summed E-state index contributed by atoms with van der Waals surface area (Å²) in [4.78, 5) is 39.3. The van der Waals surface area contributed by atoms with E-state index in [1.165, 1.54) is 24.7 Å². The maximum Gasteiger partial charge on any atom is 0.341 e. The molecule has 2 amide bonds. The third kappa shape index (κ3) is 7.23. The average Bonchev–Trinajstić information content (AvgIpc) is 3.35. The van der Waals surface area contributed by atoms with Gasteiger partial charge in [0.2, 0.25) is 0 Å². The quantitative estimate of drug-likeness (QED) is 0.186. The zero-order chi connectivity index (χ0) is 29.4. The summed E-state index contributed by atoms with van der Waals surface area (Å²) in [6.45, 7) is 3.62. The molecule has 0 aliphatic heterocycles. The second-order valence-corrected chi connectivity index (χ2v) is 10.3. The molecular weight excluding hydrogens is 546 g/mol. The van der Waals surface area contributed by atoms with Gasteiger partial charge in [-0.1, -0.05) is 0 Å². The first-order valence-electron chi connectivity index (χ1n) is 13.3. The molecule has 0 saturated heterocycles. The van der Waals surface area contributed by atoms with E-state index < -0.39 is 18.0 Å². The summed E-state index contributed by atoms with van der Waals surface area (Å²) in [5.74, 6) is 0.335. The minimum atomic E-state index is -0.846. The topological polar surface area (TPSA) is 125 Å². The summed E-state index contributed by atoms with van der Waals surface area (Å²) in [6.07, 6.45) is 4.40. The Morgan fingerprint density at radius 2 is 1.76 bits per heavy atom. The van der Waals surface area contributed by atoms with Crippen molar-refractivity contribution in [2.24, 2.45) is 5.10 Å². The second-order valence-electron chi connectivity index (χ2n) is 9.22. The molecule has 1 aliphatic carbocycles. The number of hydrazone groups is 1. The van der Waals surface area contributed by atoms with Gasteiger partial charge in [-0.2, -0.15) is 5.10 Å². The zero-order valence-electron chi connectivity index (χ0n) is 23.4. The number of hydrogen-bond donors (Lipinski definition) is 2. The van der Waals surface area contributed by atoms with Gasteiger partial charge in [0.25, 0.3) is 11.8 Å². The second kappa shape index (κ2) is 13.8. The van der Waals surface area contributed by atoms with Gasteiger partial charge in [-0.15, -0.1) is 11.3 Å². The van der Waals surface area contributed by atoms with Gasteiger partial charge in [0, 0.05) is 10.4 Å². The molecule has 41 heavy (non-hydrogen) atoms. The van der Waals surface area contributed by atoms with E-state index in [4.69, 9.17) is 18.9 Å². The van der Waals surface area contributed by atoms with Crippen LogP contribution in [-0.4, -0.2) is 50.9 Å². The SMILES string of the molecule is CCOC(=O)c1c(NC(=O)c2ccc(OC(C)C(=O)N/N=C/c3ccc(OC)c(OC)c3)cc2)sc2c1CCCC2. The van der Waals surface area contributed by atoms with Crippen LogP contribution in [0.1, 0.15) is 63.4 Å². The van der Waals surface area contributed by atoms with Crippen LogP contribution in [-0.2, 0) is 22.4 Å². The maximum atomic E-state index is 13.0. The number of methoxy groups -OCH3 is 2. The number of hydrogen-bond acceptors (Lipinski definition) is 9. The van der Waals surface area contributed by atoms with Gasteiger partial charge >= 0.3 is 5.97 Å². The predicted octanol–water partition coefficient (Wildman–Crippen LogP) is 4.99. The van der Waals surface area contributed by atoms with Gasteiger partial charge in [-0.25, -0.2) is 10.2 Å². The highest BCUT2D eigenvalue weighted by molar-refractivity contribution is 7.17. The molecule has 0 radical (unpaired) electrons. The molecular formula is C30H33N3O7S. The molecule has 0 fully saturated rings. The Kier molecular flexibility index (Phi) is 9.96. The van der Waals surface area contributed by atoms with E-state index in [9.17, 15) is 14.4 Å². The van der Waals surface area contributed by atoms with E-state index >= 15 is 0 Å². The molecule has 1 unspecified atom stereocenters. The molecule has 0 saturated carbocycles. The Morgan fingerprint density at radius 1 is 1.02 bits per heavy atom. The minimum absolute atomic E-state index is 0.263. The average molecular weight is 580 g/mol. The molecule has 10 nitrogen and oxygen atoms in total. The van der Waals surface area contributed by atoms with E-state index in [1.54, 1.807) is 63.4 Å². The Morgan fingerprint density at radius 3 is 2.46 bits per heavy atom. The van der Waals surface area contributed by atoms with Crippen LogP contribution in [0.2, 0.25) is 0 Å². The summed E-state index contributed by atoms with van der Waals surface area (Å²) < 4.78 is 21.5. The number of carbonyl (C=O) groups is 3. The minimum Gasteiger partial charge on any atom is -0.493 e. The smallest absolute Gasteiger partial charge is 0.341 e. The zero-order valence-corrected chi connectivity index (χ0v) is 24.3. The van der Waals surface area contributed by atoms with Gasteiger partial charge in [0.15, 0.2) is 17.6 Å². The number of aryl methyl sites for hydroxylation is 1. The number of benzene rings is 2. The Balaban J connectivity index is 1.35. The first-order valence-corrected chi connectivity index (χ1v) is 14.1. The number of ether oxygens (including phenoxy) is 4. The summed E-state index contributed by atoms with van der Waals surface area (Å²) in [5, 5.41) is 7.39. The van der Waals surface area contributed by atoms with Crippen molar-refractivity contribution in [3.05, 3.63) is 69.6 Å². The van der Waals surface area contributed by atoms with Crippen LogP contribution in [0.5, 0.6) is 17.2 Å². The number of anilines is 1. The number of esters is 1. The standard InChI is InChI=1S/C30H33N3O7S/c1-5-39-30(36)26-22-8-6-7-9-25(22)41-29(26)32-28(35)20-11-13-21(14-12-20)40-18(2)27(34)33-31-17-19-10-15-23(37-3)24(16-19)38-4/h10-18H,5-9H2,1-4H3,(H,32,35)(H,33,34)/b31-17+. The highest BCUT2D eigenvalue weighted by atomic mass is 32.1. The summed E-state index contributed by atoms with van der Waals surface area (Å²) >= 11 is 1.44. The van der Waals surface area contributed by atoms with Crippen molar-refractivity contribution in [3.8, 4) is 17.2 Å². The van der Waals surface area contributed by atoms with E-state index in [0.717, 1.165) is 36.1 Å². The highest BCUT2D eigenvalue weighted by Crippen LogP contribution is 2.39. The number of fused-ring (bicyclic) bond motifs is 1. The predicted molar refractivity (Wildman–Crippen MR) is 157 cm³/mol. The molecule has 0 spiro atoms. The van der Waals surface area contributed by atoms with Crippen molar-refractivity contribution < 1.29 is 33.3 Å². The van der Waals surface area contributed by atoms with Crippen LogP contribution in [0.25, 0.3) is 0 Å². The molecule has 2 N–H and O–H groups in total.